The Balaban J connectivity index is 2.05. The number of pyridine rings is 1. The van der Waals surface area contributed by atoms with E-state index in [9.17, 15) is 19.7 Å². The predicted octanol–water partition coefficient (Wildman–Crippen LogP) is 4.58. The highest BCUT2D eigenvalue weighted by Crippen LogP contribution is 2.40. The van der Waals surface area contributed by atoms with Crippen LogP contribution in [-0.4, -0.2) is 21.8 Å². The van der Waals surface area contributed by atoms with Gasteiger partial charge in [0.1, 0.15) is 0 Å². The summed E-state index contributed by atoms with van der Waals surface area (Å²) >= 11 is 3.36. The monoisotopic (exact) mass is 453 g/mol. The molecule has 10 heteroatoms. The minimum Gasteiger partial charge on any atom is -0.307 e. The minimum atomic E-state index is -0.578. The number of nitro groups is 1. The van der Waals surface area contributed by atoms with Gasteiger partial charge in [-0.1, -0.05) is 27.1 Å². The van der Waals surface area contributed by atoms with E-state index in [0.29, 0.717) is 34.2 Å². The molecule has 2 aromatic carbocycles. The van der Waals surface area contributed by atoms with Crippen LogP contribution in [0, 0.1) is 10.1 Å². The minimum absolute atomic E-state index is 0.113. The number of benzene rings is 2. The van der Waals surface area contributed by atoms with Gasteiger partial charge in [-0.3, -0.25) is 19.7 Å². The lowest BCUT2D eigenvalue weighted by Crippen LogP contribution is -2.24. The molecule has 0 aliphatic heterocycles. The number of ketones is 1. The van der Waals surface area contributed by atoms with Gasteiger partial charge >= 0.3 is 0 Å². The molecule has 0 unspecified atom stereocenters. The van der Waals surface area contributed by atoms with Gasteiger partial charge in [0.2, 0.25) is 0 Å². The molecule has 1 aromatic heterocycles. The number of carbonyl (C=O) groups excluding carboxylic acids is 1. The van der Waals surface area contributed by atoms with Crippen molar-refractivity contribution >= 4 is 38.2 Å². The van der Waals surface area contributed by atoms with Crippen molar-refractivity contribution in [3.05, 3.63) is 82.9 Å². The molecule has 1 aliphatic carbocycles. The first-order valence-electron chi connectivity index (χ1n) is 8.64. The summed E-state index contributed by atoms with van der Waals surface area (Å²) in [6.07, 6.45) is 0.386. The normalized spacial score (nSPS) is 11.8. The highest BCUT2D eigenvalue weighted by Gasteiger charge is 2.33. The number of nitrogens with zero attached hydrogens (tertiary/aromatic N) is 5. The zero-order chi connectivity index (χ0) is 20.7. The van der Waals surface area contributed by atoms with Gasteiger partial charge in [0.05, 0.1) is 21.6 Å². The van der Waals surface area contributed by atoms with E-state index in [-0.39, 0.29) is 29.9 Å². The first-order chi connectivity index (χ1) is 13.9. The molecule has 29 heavy (non-hydrogen) atoms. The Hall–Kier alpha value is -3.49. The van der Waals surface area contributed by atoms with Crippen molar-refractivity contribution in [3.8, 4) is 11.3 Å². The quantitative estimate of drug-likeness (QED) is 0.109. The van der Waals surface area contributed by atoms with Gasteiger partial charge in [0.25, 0.3) is 11.2 Å². The van der Waals surface area contributed by atoms with Crippen molar-refractivity contribution in [1.82, 2.24) is 4.57 Å². The maximum atomic E-state index is 13.2. The van der Waals surface area contributed by atoms with Gasteiger partial charge in [0.15, 0.2) is 5.78 Å². The van der Waals surface area contributed by atoms with E-state index < -0.39 is 10.5 Å². The van der Waals surface area contributed by atoms with Crippen molar-refractivity contribution in [2.75, 3.05) is 6.54 Å². The molecule has 0 fully saturated rings. The average molecular weight is 454 g/mol. The van der Waals surface area contributed by atoms with Gasteiger partial charge in [-0.25, -0.2) is 0 Å². The van der Waals surface area contributed by atoms with Crippen molar-refractivity contribution in [2.45, 2.75) is 13.0 Å². The molecule has 0 bridgehead atoms. The highest BCUT2D eigenvalue weighted by atomic mass is 79.9. The number of fused-ring (bicyclic) bond motifs is 5. The van der Waals surface area contributed by atoms with E-state index in [4.69, 9.17) is 5.53 Å². The van der Waals surface area contributed by atoms with Gasteiger partial charge in [-0.15, -0.1) is 0 Å². The Kier molecular flexibility index (Phi) is 4.65. The van der Waals surface area contributed by atoms with Crippen LogP contribution in [0.5, 0.6) is 0 Å². The second-order valence-electron chi connectivity index (χ2n) is 6.49. The molecule has 3 aromatic rings. The standard InChI is InChI=1S/C19H12BrN5O4/c20-10-2-4-13-14(8-10)18(26)16-12-5-3-11(25(28)29)9-15(12)19(27)24(17(13)16)7-1-6-22-23-21/h2-5,8-9H,1,6-7H2. The summed E-state index contributed by atoms with van der Waals surface area (Å²) in [5, 5.41) is 15.2. The molecular formula is C19H12BrN5O4. The predicted molar refractivity (Wildman–Crippen MR) is 110 cm³/mol. The number of carbonyl (C=O) groups is 1. The zero-order valence-corrected chi connectivity index (χ0v) is 16.4. The second-order valence-corrected chi connectivity index (χ2v) is 7.41. The fourth-order valence-corrected chi connectivity index (χ4v) is 4.02. The maximum absolute atomic E-state index is 13.2. The van der Waals surface area contributed by atoms with Crippen LogP contribution in [0.15, 0.2) is 50.8 Å². The molecule has 0 saturated carbocycles. The van der Waals surface area contributed by atoms with E-state index in [1.54, 1.807) is 18.2 Å². The van der Waals surface area contributed by atoms with Crippen LogP contribution in [0.3, 0.4) is 0 Å². The molecule has 1 aliphatic rings. The van der Waals surface area contributed by atoms with Crippen LogP contribution in [-0.2, 0) is 6.54 Å². The van der Waals surface area contributed by atoms with E-state index >= 15 is 0 Å². The third-order valence-electron chi connectivity index (χ3n) is 4.88. The van der Waals surface area contributed by atoms with E-state index in [1.807, 2.05) is 0 Å². The summed E-state index contributed by atoms with van der Waals surface area (Å²) in [7, 11) is 0. The Morgan fingerprint density at radius 3 is 2.66 bits per heavy atom. The molecule has 0 atom stereocenters. The summed E-state index contributed by atoms with van der Waals surface area (Å²) in [6, 6.07) is 9.20. The van der Waals surface area contributed by atoms with E-state index in [1.165, 1.54) is 22.8 Å². The lowest BCUT2D eigenvalue weighted by Gasteiger charge is -2.14. The van der Waals surface area contributed by atoms with Crippen LogP contribution < -0.4 is 5.56 Å². The van der Waals surface area contributed by atoms with E-state index in [2.05, 4.69) is 26.0 Å². The largest absolute Gasteiger partial charge is 0.307 e. The number of hydrogen-bond acceptors (Lipinski definition) is 5. The summed E-state index contributed by atoms with van der Waals surface area (Å²) < 4.78 is 2.18. The van der Waals surface area contributed by atoms with Gasteiger partial charge < -0.3 is 4.57 Å². The third-order valence-corrected chi connectivity index (χ3v) is 5.37. The smallest absolute Gasteiger partial charge is 0.270 e. The lowest BCUT2D eigenvalue weighted by atomic mass is 10.0. The van der Waals surface area contributed by atoms with Crippen molar-refractivity contribution in [3.63, 3.8) is 0 Å². The lowest BCUT2D eigenvalue weighted by molar-refractivity contribution is -0.384. The highest BCUT2D eigenvalue weighted by molar-refractivity contribution is 9.10. The molecule has 9 nitrogen and oxygen atoms in total. The van der Waals surface area contributed by atoms with Crippen LogP contribution in [0.1, 0.15) is 22.3 Å². The Bertz CT molecular complexity index is 1320. The van der Waals surface area contributed by atoms with E-state index in [0.717, 1.165) is 4.47 Å². The van der Waals surface area contributed by atoms with Crippen molar-refractivity contribution < 1.29 is 9.72 Å². The number of nitro benzene ring substituents is 1. The fourth-order valence-electron chi connectivity index (χ4n) is 3.66. The summed E-state index contributed by atoms with van der Waals surface area (Å²) in [4.78, 5) is 39.7. The van der Waals surface area contributed by atoms with Crippen LogP contribution in [0.25, 0.3) is 32.5 Å². The first-order valence-corrected chi connectivity index (χ1v) is 9.43. The zero-order valence-electron chi connectivity index (χ0n) is 14.8. The number of rotatable bonds is 5. The Morgan fingerprint density at radius 1 is 1.14 bits per heavy atom. The number of hydrogen-bond donors (Lipinski definition) is 0. The SMILES string of the molecule is [N-]=[N+]=NCCCn1c2c(c3ccc([N+](=O)[O-])cc3c1=O)C(=O)c1cc(Br)ccc1-2. The van der Waals surface area contributed by atoms with Crippen LogP contribution >= 0.6 is 15.9 Å². The molecule has 4 rings (SSSR count). The third kappa shape index (κ3) is 2.98. The second kappa shape index (κ2) is 7.16. The molecule has 0 saturated heterocycles. The molecule has 0 N–H and O–H groups in total. The van der Waals surface area contributed by atoms with Crippen LogP contribution in [0.4, 0.5) is 5.69 Å². The molecule has 1 heterocycles. The molecule has 0 spiro atoms. The number of aromatic nitrogens is 1. The summed E-state index contributed by atoms with van der Waals surface area (Å²) in [5.74, 6) is -0.237. The molecule has 144 valence electrons. The van der Waals surface area contributed by atoms with Gasteiger partial charge in [-0.05, 0) is 30.2 Å². The fraction of sp³-hybridized carbons (Fsp3) is 0.158. The topological polar surface area (TPSA) is 131 Å². The summed E-state index contributed by atoms with van der Waals surface area (Å²) in [5.41, 5.74) is 9.76. The average Bonchev–Trinajstić information content (AvgIpc) is 2.99. The molecule has 0 radical (unpaired) electrons. The van der Waals surface area contributed by atoms with Crippen molar-refractivity contribution in [1.29, 1.82) is 0 Å². The first kappa shape index (κ1) is 18.9. The van der Waals surface area contributed by atoms with Crippen LogP contribution in [0.2, 0.25) is 0 Å². The Morgan fingerprint density at radius 2 is 1.93 bits per heavy atom. The summed E-state index contributed by atoms with van der Waals surface area (Å²) in [6.45, 7) is 0.396. The maximum Gasteiger partial charge on any atom is 0.270 e. The van der Waals surface area contributed by atoms with Gasteiger partial charge in [0, 0.05) is 51.1 Å². The number of halogens is 1. The van der Waals surface area contributed by atoms with Gasteiger partial charge in [-0.2, -0.15) is 0 Å². The number of azide groups is 1. The molecular weight excluding hydrogens is 442 g/mol. The number of non-ortho nitro benzene ring substituents is 1. The van der Waals surface area contributed by atoms with Crippen molar-refractivity contribution in [2.24, 2.45) is 5.11 Å². The Labute approximate surface area is 171 Å². The molecule has 0 amide bonds.